The van der Waals surface area contributed by atoms with Gasteiger partial charge in [-0.15, -0.1) is 0 Å². The molecule has 0 aromatic carbocycles. The molecule has 1 N–H and O–H groups in total. The second kappa shape index (κ2) is 4.30. The third-order valence-electron chi connectivity index (χ3n) is 2.66. The van der Waals surface area contributed by atoms with Gasteiger partial charge < -0.3 is 9.88 Å². The van der Waals surface area contributed by atoms with Crippen LogP contribution < -0.4 is 0 Å². The number of fused-ring (bicyclic) bond motifs is 1. The molecule has 2 rings (SSSR count). The zero-order valence-corrected chi connectivity index (χ0v) is 10.8. The van der Waals surface area contributed by atoms with Crippen molar-refractivity contribution in [3.8, 4) is 0 Å². The lowest BCUT2D eigenvalue weighted by molar-refractivity contribution is 0.404. The van der Waals surface area contributed by atoms with E-state index in [2.05, 4.69) is 40.5 Å². The van der Waals surface area contributed by atoms with Gasteiger partial charge in [-0.3, -0.25) is 0 Å². The van der Waals surface area contributed by atoms with E-state index in [0.717, 1.165) is 28.8 Å². The van der Waals surface area contributed by atoms with E-state index in [-0.39, 0.29) is 0 Å². The van der Waals surface area contributed by atoms with Gasteiger partial charge in [0, 0.05) is 18.1 Å². The number of aromatic amines is 1. The summed E-state index contributed by atoms with van der Waals surface area (Å²) >= 11 is 0. The molecule has 2 heterocycles. The maximum absolute atomic E-state index is 4.49. The predicted molar refractivity (Wildman–Crippen MR) is 70.7 cm³/mol. The summed E-state index contributed by atoms with van der Waals surface area (Å²) in [4.78, 5) is 14.3. The minimum absolute atomic E-state index is 0.716. The smallest absolute Gasteiger partial charge is 0.156 e. The standard InChI is InChI=1S/C13H18N4/c1-8(2)12-15-9(3)11-10(7-17(4)5)6-14-13(11)16-12/h6H,1,7H2,2-5H3,(H,14,15,16). The first-order chi connectivity index (χ1) is 7.99. The summed E-state index contributed by atoms with van der Waals surface area (Å²) in [6, 6.07) is 0. The molecule has 0 saturated heterocycles. The van der Waals surface area contributed by atoms with Crippen LogP contribution in [0.1, 0.15) is 24.0 Å². The summed E-state index contributed by atoms with van der Waals surface area (Å²) < 4.78 is 0. The van der Waals surface area contributed by atoms with Crippen LogP contribution >= 0.6 is 0 Å². The zero-order valence-electron chi connectivity index (χ0n) is 10.8. The Morgan fingerprint density at radius 3 is 2.71 bits per heavy atom. The van der Waals surface area contributed by atoms with Crippen molar-refractivity contribution in [1.82, 2.24) is 19.9 Å². The molecule has 4 nitrogen and oxygen atoms in total. The van der Waals surface area contributed by atoms with Gasteiger partial charge in [0.15, 0.2) is 5.82 Å². The molecule has 4 heteroatoms. The predicted octanol–water partition coefficient (Wildman–Crippen LogP) is 2.36. The van der Waals surface area contributed by atoms with Crippen LogP contribution in [0.3, 0.4) is 0 Å². The van der Waals surface area contributed by atoms with Gasteiger partial charge in [-0.25, -0.2) is 9.97 Å². The van der Waals surface area contributed by atoms with Crippen LogP contribution in [0.5, 0.6) is 0 Å². The van der Waals surface area contributed by atoms with Crippen LogP contribution in [-0.2, 0) is 6.54 Å². The van der Waals surface area contributed by atoms with Gasteiger partial charge in [0.2, 0.25) is 0 Å². The van der Waals surface area contributed by atoms with E-state index in [4.69, 9.17) is 0 Å². The third-order valence-corrected chi connectivity index (χ3v) is 2.66. The Kier molecular flexibility index (Phi) is 2.98. The number of hydrogen-bond donors (Lipinski definition) is 1. The molecule has 2 aromatic heterocycles. The number of H-pyrrole nitrogens is 1. The molecular weight excluding hydrogens is 212 g/mol. The molecular formula is C13H18N4. The fourth-order valence-electron chi connectivity index (χ4n) is 1.95. The van der Waals surface area contributed by atoms with E-state index in [1.54, 1.807) is 0 Å². The summed E-state index contributed by atoms with van der Waals surface area (Å²) in [5.74, 6) is 0.716. The molecule has 0 radical (unpaired) electrons. The van der Waals surface area contributed by atoms with Crippen LogP contribution in [0.2, 0.25) is 0 Å². The molecule has 17 heavy (non-hydrogen) atoms. The number of nitrogens with one attached hydrogen (secondary N) is 1. The molecule has 0 amide bonds. The number of rotatable bonds is 3. The lowest BCUT2D eigenvalue weighted by Crippen LogP contribution is -2.10. The van der Waals surface area contributed by atoms with Crippen molar-refractivity contribution < 1.29 is 0 Å². The highest BCUT2D eigenvalue weighted by atomic mass is 15.1. The van der Waals surface area contributed by atoms with Crippen LogP contribution in [0.25, 0.3) is 16.6 Å². The minimum atomic E-state index is 0.716. The van der Waals surface area contributed by atoms with Crippen LogP contribution in [0.4, 0.5) is 0 Å². The third kappa shape index (κ3) is 2.22. The fourth-order valence-corrected chi connectivity index (χ4v) is 1.95. The molecule has 0 spiro atoms. The molecule has 0 aliphatic heterocycles. The van der Waals surface area contributed by atoms with Crippen LogP contribution in [0.15, 0.2) is 12.8 Å². The zero-order chi connectivity index (χ0) is 12.6. The Labute approximate surface area is 101 Å². The Hall–Kier alpha value is -1.68. The lowest BCUT2D eigenvalue weighted by atomic mass is 10.2. The summed E-state index contributed by atoms with van der Waals surface area (Å²) in [6.45, 7) is 8.71. The van der Waals surface area contributed by atoms with Gasteiger partial charge in [0.05, 0.1) is 5.69 Å². The molecule has 0 bridgehead atoms. The average Bonchev–Trinajstić information content (AvgIpc) is 2.60. The van der Waals surface area contributed by atoms with Crippen molar-refractivity contribution in [3.63, 3.8) is 0 Å². The van der Waals surface area contributed by atoms with Crippen molar-refractivity contribution in [2.75, 3.05) is 14.1 Å². The maximum Gasteiger partial charge on any atom is 0.156 e. The summed E-state index contributed by atoms with van der Waals surface area (Å²) in [5, 5.41) is 1.13. The van der Waals surface area contributed by atoms with Gasteiger partial charge in [-0.05, 0) is 39.1 Å². The first-order valence-corrected chi connectivity index (χ1v) is 5.64. The van der Waals surface area contributed by atoms with Crippen molar-refractivity contribution >= 4 is 16.6 Å². The Bertz CT molecular complexity index is 566. The van der Waals surface area contributed by atoms with Gasteiger partial charge in [-0.1, -0.05) is 6.58 Å². The Balaban J connectivity index is 2.58. The molecule has 0 aliphatic rings. The summed E-state index contributed by atoms with van der Waals surface area (Å²) in [6.07, 6.45) is 2.01. The van der Waals surface area contributed by atoms with Crippen molar-refractivity contribution in [2.45, 2.75) is 20.4 Å². The first kappa shape index (κ1) is 11.8. The largest absolute Gasteiger partial charge is 0.346 e. The number of aromatic nitrogens is 3. The summed E-state index contributed by atoms with van der Waals surface area (Å²) in [5.41, 5.74) is 4.02. The fraction of sp³-hybridized carbons (Fsp3) is 0.385. The molecule has 2 aromatic rings. The van der Waals surface area contributed by atoms with Gasteiger partial charge >= 0.3 is 0 Å². The second-order valence-corrected chi connectivity index (χ2v) is 4.69. The highest BCUT2D eigenvalue weighted by molar-refractivity contribution is 5.83. The molecule has 0 unspecified atom stereocenters. The molecule has 90 valence electrons. The molecule has 0 fully saturated rings. The second-order valence-electron chi connectivity index (χ2n) is 4.69. The minimum Gasteiger partial charge on any atom is -0.346 e. The van der Waals surface area contributed by atoms with Crippen molar-refractivity contribution in [3.05, 3.63) is 29.9 Å². The number of hydrogen-bond acceptors (Lipinski definition) is 3. The number of nitrogens with zero attached hydrogens (tertiary/aromatic N) is 3. The van der Waals surface area contributed by atoms with E-state index in [1.165, 1.54) is 5.56 Å². The maximum atomic E-state index is 4.49. The first-order valence-electron chi connectivity index (χ1n) is 5.64. The quantitative estimate of drug-likeness (QED) is 0.880. The highest BCUT2D eigenvalue weighted by Crippen LogP contribution is 2.22. The normalized spacial score (nSPS) is 11.4. The Morgan fingerprint density at radius 1 is 1.41 bits per heavy atom. The molecule has 0 saturated carbocycles. The molecule has 0 atom stereocenters. The van der Waals surface area contributed by atoms with Crippen molar-refractivity contribution in [2.24, 2.45) is 0 Å². The van der Waals surface area contributed by atoms with Crippen LogP contribution in [-0.4, -0.2) is 33.9 Å². The van der Waals surface area contributed by atoms with Crippen molar-refractivity contribution in [1.29, 1.82) is 0 Å². The number of allylic oxidation sites excluding steroid dienone is 1. The Morgan fingerprint density at radius 2 is 2.12 bits per heavy atom. The average molecular weight is 230 g/mol. The molecule has 0 aliphatic carbocycles. The van der Waals surface area contributed by atoms with E-state index < -0.39 is 0 Å². The van der Waals surface area contributed by atoms with E-state index in [0.29, 0.717) is 5.82 Å². The lowest BCUT2D eigenvalue weighted by Gasteiger charge is -2.09. The van der Waals surface area contributed by atoms with Gasteiger partial charge in [0.25, 0.3) is 0 Å². The monoisotopic (exact) mass is 230 g/mol. The van der Waals surface area contributed by atoms with Gasteiger partial charge in [0.1, 0.15) is 5.65 Å². The van der Waals surface area contributed by atoms with E-state index in [9.17, 15) is 0 Å². The number of aryl methyl sites for hydroxylation is 1. The SMILES string of the molecule is C=C(C)c1nc(C)c2c(CN(C)C)c[nH]c2n1. The van der Waals surface area contributed by atoms with Crippen LogP contribution in [0, 0.1) is 6.92 Å². The highest BCUT2D eigenvalue weighted by Gasteiger charge is 2.11. The topological polar surface area (TPSA) is 44.8 Å². The van der Waals surface area contributed by atoms with Gasteiger partial charge in [-0.2, -0.15) is 0 Å². The van der Waals surface area contributed by atoms with E-state index >= 15 is 0 Å². The van der Waals surface area contributed by atoms with E-state index in [1.807, 2.05) is 20.0 Å². The summed E-state index contributed by atoms with van der Waals surface area (Å²) in [7, 11) is 4.11.